The van der Waals surface area contributed by atoms with Gasteiger partial charge in [-0.25, -0.2) is 0 Å². The van der Waals surface area contributed by atoms with E-state index in [9.17, 15) is 4.79 Å². The number of fused-ring (bicyclic) bond motifs is 3. The van der Waals surface area contributed by atoms with E-state index in [1.807, 2.05) is 30.3 Å². The molecular formula is C24H26ClN3O2S. The van der Waals surface area contributed by atoms with Crippen molar-refractivity contribution in [3.05, 3.63) is 64.3 Å². The average molecular weight is 456 g/mol. The molecule has 31 heavy (non-hydrogen) atoms. The fraction of sp³-hybridized carbons (Fsp3) is 0.333. The molecule has 0 radical (unpaired) electrons. The lowest BCUT2D eigenvalue weighted by Gasteiger charge is -2.38. The molecule has 1 aliphatic carbocycles. The molecule has 5 nitrogen and oxygen atoms in total. The van der Waals surface area contributed by atoms with Gasteiger partial charge in [-0.05, 0) is 60.7 Å². The van der Waals surface area contributed by atoms with Crippen LogP contribution in [0.2, 0.25) is 5.02 Å². The summed E-state index contributed by atoms with van der Waals surface area (Å²) >= 11 is 7.70. The second-order valence-corrected chi connectivity index (χ2v) is 9.72. The summed E-state index contributed by atoms with van der Waals surface area (Å²) in [4.78, 5) is 17.9. The molecule has 2 unspecified atom stereocenters. The Morgan fingerprint density at radius 1 is 1.26 bits per heavy atom. The lowest BCUT2D eigenvalue weighted by atomic mass is 9.93. The first-order valence-electron chi connectivity index (χ1n) is 10.5. The van der Waals surface area contributed by atoms with Crippen molar-refractivity contribution >= 4 is 45.2 Å². The van der Waals surface area contributed by atoms with Crippen LogP contribution < -0.4 is 4.74 Å². The van der Waals surface area contributed by atoms with Gasteiger partial charge < -0.3 is 14.6 Å². The van der Waals surface area contributed by atoms with Gasteiger partial charge in [0.05, 0.1) is 18.4 Å². The molecule has 2 aliphatic rings. The summed E-state index contributed by atoms with van der Waals surface area (Å²) in [5, 5.41) is 11.1. The average Bonchev–Trinajstić information content (AvgIpc) is 3.35. The molecule has 1 fully saturated rings. The van der Waals surface area contributed by atoms with E-state index in [1.165, 1.54) is 17.3 Å². The smallest absolute Gasteiger partial charge is 0.157 e. The van der Waals surface area contributed by atoms with E-state index in [1.54, 1.807) is 7.11 Å². The number of benzene rings is 2. The number of ether oxygens (including phenoxy) is 1. The lowest BCUT2D eigenvalue weighted by molar-refractivity contribution is -0.116. The zero-order valence-electron chi connectivity index (χ0n) is 17.3. The van der Waals surface area contributed by atoms with Crippen LogP contribution in [0.1, 0.15) is 43.6 Å². The number of carbonyl (C=O) groups excluding carboxylic acids is 1. The van der Waals surface area contributed by atoms with Crippen LogP contribution in [0, 0.1) is 5.41 Å². The van der Waals surface area contributed by atoms with Crippen LogP contribution in [-0.2, 0) is 11.2 Å². The summed E-state index contributed by atoms with van der Waals surface area (Å²) < 4.78 is 5.34. The van der Waals surface area contributed by atoms with Crippen molar-refractivity contribution in [1.82, 2.24) is 9.88 Å². The number of nitrogens with zero attached hydrogens (tertiary/aromatic N) is 1. The molecule has 1 aliphatic heterocycles. The molecule has 2 heterocycles. The quantitative estimate of drug-likeness (QED) is 0.386. The molecule has 2 atom stereocenters. The van der Waals surface area contributed by atoms with Gasteiger partial charge in [-0.3, -0.25) is 10.2 Å². The van der Waals surface area contributed by atoms with E-state index in [-0.39, 0.29) is 18.5 Å². The molecule has 0 bridgehead atoms. The maximum absolute atomic E-state index is 12.2. The molecule has 7 heteroatoms. The Bertz CT molecular complexity index is 1160. The van der Waals surface area contributed by atoms with Gasteiger partial charge in [0.25, 0.3) is 0 Å². The van der Waals surface area contributed by atoms with E-state index in [0.29, 0.717) is 11.6 Å². The minimum Gasteiger partial charge on any atom is -0.497 e. The Morgan fingerprint density at radius 3 is 2.77 bits per heavy atom. The molecule has 1 aromatic heterocycles. The van der Waals surface area contributed by atoms with E-state index >= 15 is 0 Å². The van der Waals surface area contributed by atoms with Gasteiger partial charge in [-0.15, -0.1) is 0 Å². The number of ketones is 1. The SMILES string of the molecule is COc1ccc(C2c3[nH]c4ccc(Cl)cc4c3CCN2C(=N)SC2CCCC2=O)cc1.[HH]. The number of H-pyrrole nitrogens is 1. The highest BCUT2D eigenvalue weighted by molar-refractivity contribution is 8.14. The Labute approximate surface area is 192 Å². The molecule has 0 amide bonds. The van der Waals surface area contributed by atoms with Crippen molar-refractivity contribution in [3.63, 3.8) is 0 Å². The van der Waals surface area contributed by atoms with Gasteiger partial charge >= 0.3 is 0 Å². The number of methoxy groups -OCH3 is 1. The number of aromatic amines is 1. The van der Waals surface area contributed by atoms with Crippen molar-refractivity contribution in [2.24, 2.45) is 0 Å². The number of Topliss-reactive ketones (excluding diaryl/α,β-unsaturated/α-hetero) is 1. The third kappa shape index (κ3) is 3.72. The monoisotopic (exact) mass is 455 g/mol. The molecule has 0 spiro atoms. The Morgan fingerprint density at radius 2 is 2.06 bits per heavy atom. The zero-order chi connectivity index (χ0) is 21.5. The molecule has 0 saturated heterocycles. The molecular weight excluding hydrogens is 430 g/mol. The Kier molecular flexibility index (Phi) is 5.44. The van der Waals surface area contributed by atoms with Crippen LogP contribution in [0.5, 0.6) is 5.75 Å². The fourth-order valence-corrected chi connectivity index (χ4v) is 6.03. The predicted molar refractivity (Wildman–Crippen MR) is 129 cm³/mol. The number of hydrogen-bond donors (Lipinski definition) is 2. The summed E-state index contributed by atoms with van der Waals surface area (Å²) in [7, 11) is 1.66. The number of nitrogens with one attached hydrogen (secondary N) is 2. The minimum atomic E-state index is -0.127. The van der Waals surface area contributed by atoms with Crippen molar-refractivity contribution in [3.8, 4) is 5.75 Å². The second-order valence-electron chi connectivity index (χ2n) is 8.10. The maximum atomic E-state index is 12.2. The van der Waals surface area contributed by atoms with E-state index in [4.69, 9.17) is 21.7 Å². The van der Waals surface area contributed by atoms with Gasteiger partial charge in [0.2, 0.25) is 0 Å². The van der Waals surface area contributed by atoms with Crippen molar-refractivity contribution in [2.45, 2.75) is 37.0 Å². The van der Waals surface area contributed by atoms with Crippen molar-refractivity contribution < 1.29 is 11.0 Å². The maximum Gasteiger partial charge on any atom is 0.157 e. The van der Waals surface area contributed by atoms with Gasteiger partial charge in [0.15, 0.2) is 5.17 Å². The van der Waals surface area contributed by atoms with E-state index in [0.717, 1.165) is 58.7 Å². The molecule has 2 aromatic carbocycles. The Balaban J connectivity index is 0.00000245. The fourth-order valence-electron chi connectivity index (χ4n) is 4.72. The van der Waals surface area contributed by atoms with Gasteiger partial charge in [-0.1, -0.05) is 35.5 Å². The first-order chi connectivity index (χ1) is 15.0. The number of amidine groups is 1. The topological polar surface area (TPSA) is 69.2 Å². The first-order valence-corrected chi connectivity index (χ1v) is 11.8. The van der Waals surface area contributed by atoms with Gasteiger partial charge in [0, 0.05) is 36.0 Å². The van der Waals surface area contributed by atoms with E-state index in [2.05, 4.69) is 22.0 Å². The Hall–Kier alpha value is -2.44. The highest BCUT2D eigenvalue weighted by Crippen LogP contribution is 2.41. The summed E-state index contributed by atoms with van der Waals surface area (Å²) in [5.74, 6) is 1.07. The first kappa shape index (κ1) is 20.5. The van der Waals surface area contributed by atoms with Crippen LogP contribution in [0.4, 0.5) is 0 Å². The summed E-state index contributed by atoms with van der Waals surface area (Å²) in [5.41, 5.74) is 4.49. The number of hydrogen-bond acceptors (Lipinski definition) is 4. The van der Waals surface area contributed by atoms with E-state index < -0.39 is 0 Å². The molecule has 1 saturated carbocycles. The third-order valence-electron chi connectivity index (χ3n) is 6.28. The zero-order valence-corrected chi connectivity index (χ0v) is 18.9. The number of rotatable bonds is 3. The van der Waals surface area contributed by atoms with Crippen LogP contribution in [0.15, 0.2) is 42.5 Å². The molecule has 162 valence electrons. The summed E-state index contributed by atoms with van der Waals surface area (Å²) in [6.45, 7) is 0.718. The second kappa shape index (κ2) is 8.24. The minimum absolute atomic E-state index is 0. The third-order valence-corrected chi connectivity index (χ3v) is 7.76. The van der Waals surface area contributed by atoms with Gasteiger partial charge in [0.1, 0.15) is 11.5 Å². The van der Waals surface area contributed by atoms with Gasteiger partial charge in [-0.2, -0.15) is 0 Å². The number of thioether (sulfide) groups is 1. The molecule has 2 N–H and O–H groups in total. The molecule has 5 rings (SSSR count). The highest BCUT2D eigenvalue weighted by atomic mass is 35.5. The predicted octanol–water partition coefficient (Wildman–Crippen LogP) is 5.81. The van der Waals surface area contributed by atoms with Crippen molar-refractivity contribution in [1.29, 1.82) is 5.41 Å². The summed E-state index contributed by atoms with van der Waals surface area (Å²) in [6.07, 6.45) is 3.26. The van der Waals surface area contributed by atoms with Crippen LogP contribution >= 0.6 is 23.4 Å². The van der Waals surface area contributed by atoms with Crippen molar-refractivity contribution in [2.75, 3.05) is 13.7 Å². The number of halogens is 1. The van der Waals surface area contributed by atoms with Crippen LogP contribution in [-0.4, -0.2) is 39.7 Å². The number of carbonyl (C=O) groups is 1. The molecule has 3 aromatic rings. The standard InChI is InChI=1S/C24H24ClN3O2S.H2/c1-30-16-8-5-14(6-9-16)23-22-17(18-13-15(25)7-10-19(18)27-22)11-12-28(23)24(26)31-21-4-2-3-20(21)29;/h5-10,13,21,23,26-27H,2-4,11-12H2,1H3;1H. The normalized spacial score (nSPS) is 20.8. The van der Waals surface area contributed by atoms with Crippen LogP contribution in [0.25, 0.3) is 10.9 Å². The largest absolute Gasteiger partial charge is 0.497 e. The lowest BCUT2D eigenvalue weighted by Crippen LogP contribution is -2.39. The van der Waals surface area contributed by atoms with Crippen LogP contribution in [0.3, 0.4) is 0 Å². The highest BCUT2D eigenvalue weighted by Gasteiger charge is 2.35. The summed E-state index contributed by atoms with van der Waals surface area (Å²) in [6, 6.07) is 13.8. The number of aromatic nitrogens is 1.